The third kappa shape index (κ3) is 5.70. The van der Waals surface area contributed by atoms with Crippen molar-refractivity contribution in [1.82, 2.24) is 9.55 Å². The number of nitrogens with one attached hydrogen (secondary N) is 1. The number of H-pyrrole nitrogens is 1. The number of aromatic nitrogens is 2. The van der Waals surface area contributed by atoms with Crippen LogP contribution < -0.4 is 11.2 Å². The first-order valence-corrected chi connectivity index (χ1v) is 12.4. The number of hydrogen-bond acceptors (Lipinski definition) is 7. The van der Waals surface area contributed by atoms with E-state index in [1.807, 2.05) is 60.7 Å². The molecule has 192 valence electrons. The van der Waals surface area contributed by atoms with Gasteiger partial charge in [0, 0.05) is 12.7 Å². The zero-order chi connectivity index (χ0) is 26.5. The van der Waals surface area contributed by atoms with E-state index in [-0.39, 0.29) is 48.4 Å². The van der Waals surface area contributed by atoms with Crippen LogP contribution in [0.5, 0.6) is 0 Å². The summed E-state index contributed by atoms with van der Waals surface area (Å²) in [5.74, 6) is -0.247. The smallest absolute Gasteiger partial charge is 0.383 e. The van der Waals surface area contributed by atoms with Crippen LogP contribution in [0.25, 0.3) is 11.3 Å². The van der Waals surface area contributed by atoms with Crippen molar-refractivity contribution in [3.63, 3.8) is 0 Å². The highest BCUT2D eigenvalue weighted by molar-refractivity contribution is 9.10. The molecule has 0 radical (unpaired) electrons. The van der Waals surface area contributed by atoms with Crippen LogP contribution in [0.15, 0.2) is 121 Å². The number of halogens is 1. The molecule has 0 atom stereocenters. The van der Waals surface area contributed by atoms with Gasteiger partial charge in [0.2, 0.25) is 5.76 Å². The Morgan fingerprint density at radius 2 is 1.47 bits per heavy atom. The molecule has 0 saturated heterocycles. The predicted molar refractivity (Wildman–Crippen MR) is 140 cm³/mol. The number of nitrogens with zero attached hydrogens (tertiary/aromatic N) is 1. The largest absolute Gasteiger partial charge is 0.481 e. The van der Waals surface area contributed by atoms with Crippen molar-refractivity contribution in [2.24, 2.45) is 0 Å². The van der Waals surface area contributed by atoms with Crippen molar-refractivity contribution < 1.29 is 23.4 Å². The number of carbonyl (C=O) groups is 1. The average molecular weight is 577 g/mol. The van der Waals surface area contributed by atoms with E-state index < -0.39 is 17.2 Å². The highest BCUT2D eigenvalue weighted by Gasteiger charge is 2.34. The first-order valence-electron chi connectivity index (χ1n) is 11.6. The maximum absolute atomic E-state index is 12.7. The Bertz CT molecular complexity index is 1630. The zero-order valence-corrected chi connectivity index (χ0v) is 21.5. The summed E-state index contributed by atoms with van der Waals surface area (Å²) in [5, 5.41) is 0. The van der Waals surface area contributed by atoms with Gasteiger partial charge in [0.15, 0.2) is 10.4 Å². The van der Waals surface area contributed by atoms with Crippen LogP contribution in [-0.4, -0.2) is 15.5 Å². The van der Waals surface area contributed by atoms with Crippen molar-refractivity contribution in [2.45, 2.75) is 19.8 Å². The SMILES string of the molecule is O=C1O/C(=C\Cn2cc(-c3ccc(Br)o3)c(=O)[nH]c2=O)C(OCc2ccccc2)=C1OCc1ccccc1. The van der Waals surface area contributed by atoms with E-state index in [0.29, 0.717) is 4.67 Å². The van der Waals surface area contributed by atoms with Gasteiger partial charge in [-0.1, -0.05) is 60.7 Å². The molecule has 0 spiro atoms. The molecule has 1 N–H and O–H groups in total. The molecule has 1 aliphatic heterocycles. The van der Waals surface area contributed by atoms with E-state index in [4.69, 9.17) is 18.6 Å². The number of rotatable bonds is 9. The number of ether oxygens (including phenoxy) is 3. The monoisotopic (exact) mass is 576 g/mol. The van der Waals surface area contributed by atoms with Gasteiger partial charge in [0.1, 0.15) is 19.0 Å². The van der Waals surface area contributed by atoms with Crippen LogP contribution in [0, 0.1) is 0 Å². The van der Waals surface area contributed by atoms with Gasteiger partial charge in [-0.3, -0.25) is 14.3 Å². The Labute approximate surface area is 224 Å². The summed E-state index contributed by atoms with van der Waals surface area (Å²) < 4.78 is 24.4. The van der Waals surface area contributed by atoms with E-state index >= 15 is 0 Å². The fourth-order valence-corrected chi connectivity index (χ4v) is 4.02. The Morgan fingerprint density at radius 1 is 0.842 bits per heavy atom. The topological polar surface area (TPSA) is 113 Å². The van der Waals surface area contributed by atoms with E-state index in [2.05, 4.69) is 20.9 Å². The third-order valence-electron chi connectivity index (χ3n) is 5.59. The van der Waals surface area contributed by atoms with Gasteiger partial charge in [-0.2, -0.15) is 0 Å². The minimum absolute atomic E-state index is 0.0305. The lowest BCUT2D eigenvalue weighted by molar-refractivity contribution is -0.136. The van der Waals surface area contributed by atoms with E-state index in [1.54, 1.807) is 12.1 Å². The van der Waals surface area contributed by atoms with E-state index in [0.717, 1.165) is 11.1 Å². The summed E-state index contributed by atoms with van der Waals surface area (Å²) >= 11 is 3.20. The second-order valence-electron chi connectivity index (χ2n) is 8.22. The third-order valence-corrected chi connectivity index (χ3v) is 6.02. The molecule has 1 aliphatic rings. The molecule has 0 aliphatic carbocycles. The van der Waals surface area contributed by atoms with Crippen LogP contribution in [0.1, 0.15) is 11.1 Å². The number of furan rings is 1. The van der Waals surface area contributed by atoms with Gasteiger partial charge in [0.25, 0.3) is 11.3 Å². The number of benzene rings is 2. The van der Waals surface area contributed by atoms with Crippen molar-refractivity contribution in [2.75, 3.05) is 0 Å². The molecule has 5 rings (SSSR count). The minimum atomic E-state index is -0.704. The predicted octanol–water partition coefficient (Wildman–Crippen LogP) is 4.65. The number of carbonyl (C=O) groups excluding carboxylic acids is 1. The molecule has 3 heterocycles. The molecule has 0 bridgehead atoms. The van der Waals surface area contributed by atoms with E-state index in [1.165, 1.54) is 16.8 Å². The molecule has 0 fully saturated rings. The maximum atomic E-state index is 12.7. The van der Waals surface area contributed by atoms with Crippen molar-refractivity contribution in [3.05, 3.63) is 139 Å². The van der Waals surface area contributed by atoms with Gasteiger partial charge in [-0.25, -0.2) is 9.59 Å². The average Bonchev–Trinajstić information content (AvgIpc) is 3.49. The summed E-state index contributed by atoms with van der Waals surface area (Å²) in [6.07, 6.45) is 2.89. The van der Waals surface area contributed by atoms with Crippen molar-refractivity contribution >= 4 is 21.9 Å². The molecule has 2 aromatic carbocycles. The van der Waals surface area contributed by atoms with Crippen molar-refractivity contribution in [1.29, 1.82) is 0 Å². The molecule has 2 aromatic heterocycles. The first-order chi connectivity index (χ1) is 18.5. The number of hydrogen-bond donors (Lipinski definition) is 1. The van der Waals surface area contributed by atoms with Crippen LogP contribution in [-0.2, 0) is 38.8 Å². The van der Waals surface area contributed by atoms with Gasteiger partial charge < -0.3 is 18.6 Å². The second-order valence-corrected chi connectivity index (χ2v) is 9.00. The lowest BCUT2D eigenvalue weighted by Gasteiger charge is -2.10. The van der Waals surface area contributed by atoms with Gasteiger partial charge in [0.05, 0.1) is 5.56 Å². The molecule has 0 unspecified atom stereocenters. The van der Waals surface area contributed by atoms with Gasteiger partial charge >= 0.3 is 11.7 Å². The van der Waals surface area contributed by atoms with E-state index in [9.17, 15) is 14.4 Å². The van der Waals surface area contributed by atoms with Gasteiger partial charge in [-0.15, -0.1) is 0 Å². The Hall–Kier alpha value is -4.57. The Kier molecular flexibility index (Phi) is 7.41. The highest BCUT2D eigenvalue weighted by atomic mass is 79.9. The Morgan fingerprint density at radius 3 is 2.08 bits per heavy atom. The molecular weight excluding hydrogens is 556 g/mol. The Balaban J connectivity index is 1.44. The standard InChI is InChI=1S/C28H21BrN2O7/c29-23-12-11-21(37-23)20-15-31(28(34)30-26(20)32)14-13-22-24(35-16-18-7-3-1-4-8-18)25(27(33)38-22)36-17-19-9-5-2-6-10-19/h1-13,15H,14,16-17H2,(H,30,32,34)/b22-13-. The first kappa shape index (κ1) is 25.1. The number of aromatic amines is 1. The quantitative estimate of drug-likeness (QED) is 0.289. The fraction of sp³-hybridized carbons (Fsp3) is 0.107. The van der Waals surface area contributed by atoms with Crippen LogP contribution in [0.4, 0.5) is 0 Å². The van der Waals surface area contributed by atoms with Crippen molar-refractivity contribution in [3.8, 4) is 11.3 Å². The number of cyclic esters (lactones) is 1. The lowest BCUT2D eigenvalue weighted by Crippen LogP contribution is -2.30. The minimum Gasteiger partial charge on any atom is -0.481 e. The fourth-order valence-electron chi connectivity index (χ4n) is 3.71. The van der Waals surface area contributed by atoms with Crippen LogP contribution >= 0.6 is 15.9 Å². The maximum Gasteiger partial charge on any atom is 0.383 e. The molecular formula is C28H21BrN2O7. The molecule has 10 heteroatoms. The molecule has 4 aromatic rings. The molecule has 0 saturated carbocycles. The molecule has 0 amide bonds. The summed E-state index contributed by atoms with van der Waals surface area (Å²) in [4.78, 5) is 39.8. The summed E-state index contributed by atoms with van der Waals surface area (Å²) in [7, 11) is 0. The van der Waals surface area contributed by atoms with Crippen LogP contribution in [0.2, 0.25) is 0 Å². The number of allylic oxidation sites excluding steroid dienone is 1. The molecule has 9 nitrogen and oxygen atoms in total. The summed E-state index contributed by atoms with van der Waals surface area (Å²) in [6, 6.07) is 22.1. The van der Waals surface area contributed by atoms with Gasteiger partial charge in [-0.05, 0) is 45.3 Å². The number of esters is 1. The summed E-state index contributed by atoms with van der Waals surface area (Å²) in [6.45, 7) is 0.272. The zero-order valence-electron chi connectivity index (χ0n) is 19.9. The normalized spacial score (nSPS) is 14.1. The second kappa shape index (κ2) is 11.2. The highest BCUT2D eigenvalue weighted by Crippen LogP contribution is 2.30. The lowest BCUT2D eigenvalue weighted by atomic mass is 10.2. The van der Waals surface area contributed by atoms with Crippen LogP contribution in [0.3, 0.4) is 0 Å². The summed E-state index contributed by atoms with van der Waals surface area (Å²) in [5.41, 5.74) is 0.690. The molecule has 38 heavy (non-hydrogen) atoms.